The van der Waals surface area contributed by atoms with Gasteiger partial charge in [-0.05, 0) is 54.8 Å². The second-order valence-electron chi connectivity index (χ2n) is 7.07. The van der Waals surface area contributed by atoms with Gasteiger partial charge >= 0.3 is 5.97 Å². The third-order valence-corrected chi connectivity index (χ3v) is 4.82. The highest BCUT2D eigenvalue weighted by molar-refractivity contribution is 6.04. The van der Waals surface area contributed by atoms with Crippen LogP contribution in [0.15, 0.2) is 89.5 Å². The molecule has 0 bridgehead atoms. The van der Waals surface area contributed by atoms with E-state index in [0.29, 0.717) is 11.4 Å². The number of benzene rings is 3. The van der Waals surface area contributed by atoms with Crippen LogP contribution in [0.25, 0.3) is 10.8 Å². The monoisotopic (exact) mass is 428 g/mol. The van der Waals surface area contributed by atoms with E-state index in [4.69, 9.17) is 9.15 Å². The van der Waals surface area contributed by atoms with E-state index in [2.05, 4.69) is 10.6 Å². The highest BCUT2D eigenvalue weighted by Crippen LogP contribution is 2.23. The molecule has 7 nitrogen and oxygen atoms in total. The van der Waals surface area contributed by atoms with Gasteiger partial charge in [0.1, 0.15) is 0 Å². The zero-order chi connectivity index (χ0) is 22.5. The Morgan fingerprint density at radius 1 is 0.844 bits per heavy atom. The minimum Gasteiger partial charge on any atom is -0.459 e. The average molecular weight is 428 g/mol. The van der Waals surface area contributed by atoms with Crippen LogP contribution in [0.1, 0.15) is 27.8 Å². The third kappa shape index (κ3) is 4.67. The quantitative estimate of drug-likeness (QED) is 0.427. The summed E-state index contributed by atoms with van der Waals surface area (Å²) in [6.07, 6.45) is 0.408. The van der Waals surface area contributed by atoms with Gasteiger partial charge in [-0.25, -0.2) is 4.79 Å². The predicted molar refractivity (Wildman–Crippen MR) is 121 cm³/mol. The van der Waals surface area contributed by atoms with Crippen LogP contribution in [0.5, 0.6) is 0 Å². The van der Waals surface area contributed by atoms with Crippen LogP contribution in [0.4, 0.5) is 11.4 Å². The first-order valence-electron chi connectivity index (χ1n) is 9.96. The van der Waals surface area contributed by atoms with Crippen LogP contribution in [0, 0.1) is 0 Å². The number of furan rings is 1. The molecule has 1 heterocycles. The number of hydrogen-bond acceptors (Lipinski definition) is 5. The zero-order valence-electron chi connectivity index (χ0n) is 17.2. The third-order valence-electron chi connectivity index (χ3n) is 4.82. The van der Waals surface area contributed by atoms with Crippen molar-refractivity contribution in [1.82, 2.24) is 0 Å². The molecule has 0 fully saturated rings. The smallest absolute Gasteiger partial charge is 0.338 e. The molecule has 7 heteroatoms. The summed E-state index contributed by atoms with van der Waals surface area (Å²) in [6, 6.07) is 22.6. The van der Waals surface area contributed by atoms with Crippen molar-refractivity contribution in [3.05, 3.63) is 96.4 Å². The molecule has 4 rings (SSSR count). The highest BCUT2D eigenvalue weighted by atomic mass is 16.5. The Morgan fingerprint density at radius 2 is 1.59 bits per heavy atom. The van der Waals surface area contributed by atoms with E-state index in [1.165, 1.54) is 25.3 Å². The van der Waals surface area contributed by atoms with Crippen molar-refractivity contribution < 1.29 is 23.5 Å². The summed E-state index contributed by atoms with van der Waals surface area (Å²) in [6.45, 7) is 1.51. The zero-order valence-corrected chi connectivity index (χ0v) is 17.2. The van der Waals surface area contributed by atoms with E-state index in [1.807, 2.05) is 36.4 Å². The Bertz CT molecular complexity index is 1260. The molecule has 160 valence electrons. The van der Waals surface area contributed by atoms with Crippen LogP contribution in [0.3, 0.4) is 0 Å². The van der Waals surface area contributed by atoms with Crippen LogP contribution in [-0.2, 0) is 9.53 Å². The molecule has 4 aromatic rings. The molecular weight excluding hydrogens is 408 g/mol. The topological polar surface area (TPSA) is 97.6 Å². The molecule has 32 heavy (non-hydrogen) atoms. The Morgan fingerprint density at radius 3 is 2.34 bits per heavy atom. The van der Waals surface area contributed by atoms with E-state index in [1.54, 1.807) is 30.3 Å². The molecule has 1 unspecified atom stereocenters. The number of amides is 2. The summed E-state index contributed by atoms with van der Waals surface area (Å²) in [7, 11) is 0. The number of hydrogen-bond donors (Lipinski definition) is 2. The van der Waals surface area contributed by atoms with Crippen molar-refractivity contribution in [1.29, 1.82) is 0 Å². The second-order valence-corrected chi connectivity index (χ2v) is 7.07. The maximum absolute atomic E-state index is 12.6. The molecule has 0 radical (unpaired) electrons. The van der Waals surface area contributed by atoms with Crippen molar-refractivity contribution in [2.45, 2.75) is 13.0 Å². The van der Waals surface area contributed by atoms with Gasteiger partial charge < -0.3 is 19.8 Å². The summed E-state index contributed by atoms with van der Waals surface area (Å²) >= 11 is 0. The van der Waals surface area contributed by atoms with Gasteiger partial charge in [0.15, 0.2) is 11.9 Å². The van der Waals surface area contributed by atoms with Gasteiger partial charge in [-0.2, -0.15) is 0 Å². The largest absolute Gasteiger partial charge is 0.459 e. The molecule has 1 atom stereocenters. The number of carbonyl (C=O) groups is 3. The van der Waals surface area contributed by atoms with Gasteiger partial charge in [-0.15, -0.1) is 0 Å². The summed E-state index contributed by atoms with van der Waals surface area (Å²) in [5, 5.41) is 7.37. The lowest BCUT2D eigenvalue weighted by atomic mass is 10.1. The molecule has 0 saturated carbocycles. The Kier molecular flexibility index (Phi) is 5.98. The fraction of sp³-hybridized carbons (Fsp3) is 0.0800. The van der Waals surface area contributed by atoms with Gasteiger partial charge in [-0.1, -0.05) is 36.4 Å². The Hall–Kier alpha value is -4.39. The van der Waals surface area contributed by atoms with Crippen LogP contribution < -0.4 is 10.6 Å². The first kappa shape index (κ1) is 20.9. The number of esters is 1. The molecule has 0 spiro atoms. The van der Waals surface area contributed by atoms with E-state index < -0.39 is 23.9 Å². The fourth-order valence-electron chi connectivity index (χ4n) is 3.14. The summed E-state index contributed by atoms with van der Waals surface area (Å²) < 4.78 is 10.3. The maximum Gasteiger partial charge on any atom is 0.338 e. The Labute approximate surface area is 184 Å². The van der Waals surface area contributed by atoms with E-state index in [0.717, 1.165) is 10.8 Å². The number of nitrogens with one attached hydrogen (secondary N) is 2. The summed E-state index contributed by atoms with van der Waals surface area (Å²) in [4.78, 5) is 37.0. The van der Waals surface area contributed by atoms with Gasteiger partial charge in [0, 0.05) is 16.8 Å². The number of ether oxygens (including phenoxy) is 1. The number of anilines is 2. The number of fused-ring (bicyclic) bond motifs is 1. The summed E-state index contributed by atoms with van der Waals surface area (Å²) in [5.41, 5.74) is 1.39. The maximum atomic E-state index is 12.6. The number of rotatable bonds is 6. The van der Waals surface area contributed by atoms with Crippen molar-refractivity contribution in [2.24, 2.45) is 0 Å². The van der Waals surface area contributed by atoms with Gasteiger partial charge in [0.2, 0.25) is 0 Å². The van der Waals surface area contributed by atoms with Crippen LogP contribution in [-0.4, -0.2) is 23.9 Å². The van der Waals surface area contributed by atoms with Crippen molar-refractivity contribution in [2.75, 3.05) is 10.6 Å². The normalized spacial score (nSPS) is 11.5. The van der Waals surface area contributed by atoms with Crippen LogP contribution >= 0.6 is 0 Å². The van der Waals surface area contributed by atoms with E-state index in [-0.39, 0.29) is 11.3 Å². The summed E-state index contributed by atoms with van der Waals surface area (Å²) in [5.74, 6) is -1.30. The SMILES string of the molecule is CC(OC(=O)c1ccc(NC(=O)c2ccco2)cc1)C(=O)Nc1cccc2ccccc12. The molecule has 3 aromatic carbocycles. The molecule has 0 aliphatic heterocycles. The minimum atomic E-state index is -1.00. The van der Waals surface area contributed by atoms with Crippen LogP contribution in [0.2, 0.25) is 0 Å². The second kappa shape index (κ2) is 9.18. The van der Waals surface area contributed by atoms with Crippen molar-refractivity contribution >= 4 is 39.9 Å². The molecule has 1 aromatic heterocycles. The molecule has 0 saturated heterocycles. The lowest BCUT2D eigenvalue weighted by Crippen LogP contribution is -2.30. The van der Waals surface area contributed by atoms with Gasteiger partial charge in [0.05, 0.1) is 11.8 Å². The van der Waals surface area contributed by atoms with Gasteiger partial charge in [0.25, 0.3) is 11.8 Å². The predicted octanol–water partition coefficient (Wildman–Crippen LogP) is 4.87. The van der Waals surface area contributed by atoms with Crippen molar-refractivity contribution in [3.8, 4) is 0 Å². The molecule has 0 aliphatic rings. The Balaban J connectivity index is 1.36. The minimum absolute atomic E-state index is 0.180. The van der Waals surface area contributed by atoms with Crippen molar-refractivity contribution in [3.63, 3.8) is 0 Å². The number of carbonyl (C=O) groups excluding carboxylic acids is 3. The highest BCUT2D eigenvalue weighted by Gasteiger charge is 2.20. The molecule has 0 aliphatic carbocycles. The first-order chi connectivity index (χ1) is 15.5. The molecular formula is C25H20N2O5. The van der Waals surface area contributed by atoms with Gasteiger partial charge in [-0.3, -0.25) is 9.59 Å². The molecule has 2 amide bonds. The standard InChI is InChI=1S/C25H20N2O5/c1-16(23(28)27-21-9-4-7-17-6-2-3-8-20(17)21)32-25(30)18-11-13-19(14-12-18)26-24(29)22-10-5-15-31-22/h2-16H,1H3,(H,26,29)(H,27,28). The fourth-order valence-corrected chi connectivity index (χ4v) is 3.14. The first-order valence-corrected chi connectivity index (χ1v) is 9.96. The van der Waals surface area contributed by atoms with E-state index in [9.17, 15) is 14.4 Å². The molecule has 2 N–H and O–H groups in total. The average Bonchev–Trinajstić information content (AvgIpc) is 3.35. The lowest BCUT2D eigenvalue weighted by Gasteiger charge is -2.15. The van der Waals surface area contributed by atoms with E-state index >= 15 is 0 Å². The lowest BCUT2D eigenvalue weighted by molar-refractivity contribution is -0.123.